The van der Waals surface area contributed by atoms with Crippen LogP contribution in [-0.2, 0) is 36.1 Å². The molecule has 1 aromatic rings. The van der Waals surface area contributed by atoms with E-state index in [2.05, 4.69) is 4.74 Å². The minimum Gasteiger partial charge on any atom is -0.464 e. The number of aromatic nitrogens is 1. The van der Waals surface area contributed by atoms with Gasteiger partial charge < -0.3 is 9.30 Å². The van der Waals surface area contributed by atoms with Crippen LogP contribution in [0.15, 0.2) is 17.2 Å². The molecule has 2 heterocycles. The van der Waals surface area contributed by atoms with Crippen LogP contribution < -0.4 is 0 Å². The van der Waals surface area contributed by atoms with Gasteiger partial charge in [0.05, 0.1) is 19.5 Å². The Labute approximate surface area is 135 Å². The van der Waals surface area contributed by atoms with Gasteiger partial charge in [-0.2, -0.15) is 12.7 Å². The predicted molar refractivity (Wildman–Crippen MR) is 79.8 cm³/mol. The summed E-state index contributed by atoms with van der Waals surface area (Å²) in [4.78, 5) is 11.6. The van der Waals surface area contributed by atoms with Crippen molar-refractivity contribution in [1.29, 1.82) is 0 Å². The lowest BCUT2D eigenvalue weighted by Crippen LogP contribution is -2.32. The summed E-state index contributed by atoms with van der Waals surface area (Å²) in [6, 6.07) is 2.67. The van der Waals surface area contributed by atoms with Crippen LogP contribution in [0.25, 0.3) is 0 Å². The first-order chi connectivity index (χ1) is 10.6. The van der Waals surface area contributed by atoms with Crippen LogP contribution in [0.1, 0.15) is 16.9 Å². The van der Waals surface area contributed by atoms with Crippen molar-refractivity contribution in [2.45, 2.75) is 17.6 Å². The molecule has 1 saturated heterocycles. The van der Waals surface area contributed by atoms with Gasteiger partial charge in [0.2, 0.25) is 0 Å². The smallest absolute Gasteiger partial charge is 0.354 e. The molecular weight excluding hydrogens is 348 g/mol. The van der Waals surface area contributed by atoms with E-state index in [1.807, 2.05) is 0 Å². The largest absolute Gasteiger partial charge is 0.464 e. The molecule has 1 fully saturated rings. The lowest BCUT2D eigenvalue weighted by Gasteiger charge is -2.17. The number of carbonyl (C=O) groups is 1. The topological polar surface area (TPSA) is 112 Å². The van der Waals surface area contributed by atoms with Gasteiger partial charge >= 0.3 is 5.97 Å². The maximum absolute atomic E-state index is 12.6. The van der Waals surface area contributed by atoms with E-state index in [1.165, 1.54) is 30.9 Å². The summed E-state index contributed by atoms with van der Waals surface area (Å²) in [5, 5.41) is -0.0714. The second kappa shape index (κ2) is 6.23. The van der Waals surface area contributed by atoms with E-state index < -0.39 is 32.2 Å². The van der Waals surface area contributed by atoms with E-state index >= 15 is 0 Å². The number of hydrogen-bond donors (Lipinski definition) is 0. The van der Waals surface area contributed by atoms with E-state index in [0.717, 1.165) is 10.6 Å². The zero-order valence-electron chi connectivity index (χ0n) is 12.9. The van der Waals surface area contributed by atoms with Crippen molar-refractivity contribution >= 4 is 26.1 Å². The van der Waals surface area contributed by atoms with Crippen LogP contribution >= 0.6 is 0 Å². The Morgan fingerprint density at radius 1 is 1.26 bits per heavy atom. The molecule has 1 aromatic heterocycles. The van der Waals surface area contributed by atoms with Crippen LogP contribution in [0.3, 0.4) is 0 Å². The van der Waals surface area contributed by atoms with Crippen molar-refractivity contribution < 1.29 is 30.6 Å². The highest BCUT2D eigenvalue weighted by Gasteiger charge is 2.36. The van der Waals surface area contributed by atoms with E-state index in [9.17, 15) is 21.6 Å². The van der Waals surface area contributed by atoms with Crippen molar-refractivity contribution in [2.75, 3.05) is 26.5 Å². The van der Waals surface area contributed by atoms with Gasteiger partial charge in [-0.15, -0.1) is 0 Å². The fraction of sp³-hybridized carbons (Fsp3) is 0.583. The summed E-state index contributed by atoms with van der Waals surface area (Å²) in [5.74, 6) is -0.645. The first-order valence-electron chi connectivity index (χ1n) is 6.68. The Morgan fingerprint density at radius 3 is 2.48 bits per heavy atom. The Morgan fingerprint density at radius 2 is 1.91 bits per heavy atom. The molecule has 0 saturated carbocycles. The second-order valence-corrected chi connectivity index (χ2v) is 8.67. The molecular formula is C12H18N2O7S2. The number of methoxy groups -OCH3 is 1. The molecule has 0 spiro atoms. The minimum absolute atomic E-state index is 0.0614. The molecule has 1 aliphatic rings. The van der Waals surface area contributed by atoms with Gasteiger partial charge in [0, 0.05) is 20.1 Å². The predicted octanol–water partition coefficient (Wildman–Crippen LogP) is -0.449. The van der Waals surface area contributed by atoms with E-state index in [4.69, 9.17) is 4.18 Å². The van der Waals surface area contributed by atoms with Crippen LogP contribution in [0, 0.1) is 0 Å². The van der Waals surface area contributed by atoms with Gasteiger partial charge in [0.25, 0.3) is 20.1 Å². The van der Waals surface area contributed by atoms with Crippen molar-refractivity contribution in [1.82, 2.24) is 8.87 Å². The fourth-order valence-corrected chi connectivity index (χ4v) is 4.74. The SMILES string of the molecule is COC(=O)c1ccc(S(=O)(=O)N2CCC(OS(C)(=O)=O)C2)n1C. The highest BCUT2D eigenvalue weighted by Crippen LogP contribution is 2.24. The number of esters is 1. The Hall–Kier alpha value is -1.43. The summed E-state index contributed by atoms with van der Waals surface area (Å²) in [6.07, 6.45) is 0.491. The third-order valence-corrected chi connectivity index (χ3v) is 6.06. The standard InChI is InChI=1S/C12H18N2O7S2/c1-13-10(12(15)20-2)4-5-11(13)23(18,19)14-7-6-9(8-14)21-22(3,16)17/h4-5,9H,6-8H2,1-3H3. The number of hydrogen-bond acceptors (Lipinski definition) is 7. The minimum atomic E-state index is -3.87. The monoisotopic (exact) mass is 366 g/mol. The molecule has 0 aliphatic carbocycles. The summed E-state index contributed by atoms with van der Waals surface area (Å²) in [6.45, 7) is 0.0788. The zero-order chi connectivity index (χ0) is 17.4. The van der Waals surface area contributed by atoms with Gasteiger partial charge in [0.15, 0.2) is 5.03 Å². The van der Waals surface area contributed by atoms with Gasteiger partial charge in [-0.05, 0) is 18.6 Å². The molecule has 0 aromatic carbocycles. The molecule has 0 radical (unpaired) electrons. The van der Waals surface area contributed by atoms with Gasteiger partial charge in [-0.1, -0.05) is 0 Å². The molecule has 0 N–H and O–H groups in total. The average Bonchev–Trinajstić information content (AvgIpc) is 3.03. The van der Waals surface area contributed by atoms with E-state index in [1.54, 1.807) is 0 Å². The molecule has 0 amide bonds. The average molecular weight is 366 g/mol. The van der Waals surface area contributed by atoms with Crippen molar-refractivity contribution in [3.05, 3.63) is 17.8 Å². The lowest BCUT2D eigenvalue weighted by molar-refractivity contribution is 0.0589. The Kier molecular flexibility index (Phi) is 4.85. The lowest BCUT2D eigenvalue weighted by atomic mass is 10.3. The number of sulfonamides is 1. The van der Waals surface area contributed by atoms with Crippen LogP contribution in [0.5, 0.6) is 0 Å². The van der Waals surface area contributed by atoms with Crippen LogP contribution in [-0.4, -0.2) is 64.2 Å². The molecule has 2 rings (SSSR count). The molecule has 11 heteroatoms. The molecule has 130 valence electrons. The Bertz CT molecular complexity index is 810. The highest BCUT2D eigenvalue weighted by molar-refractivity contribution is 7.89. The number of rotatable bonds is 5. The molecule has 1 atom stereocenters. The number of ether oxygens (including phenoxy) is 1. The van der Waals surface area contributed by atoms with E-state index in [0.29, 0.717) is 0 Å². The number of nitrogens with zero attached hydrogens (tertiary/aromatic N) is 2. The Balaban J connectivity index is 2.24. The maximum atomic E-state index is 12.6. The molecule has 1 unspecified atom stereocenters. The zero-order valence-corrected chi connectivity index (χ0v) is 14.6. The summed E-state index contributed by atoms with van der Waals surface area (Å²) >= 11 is 0. The first kappa shape index (κ1) is 17.9. The third kappa shape index (κ3) is 3.74. The second-order valence-electron chi connectivity index (χ2n) is 5.18. The maximum Gasteiger partial charge on any atom is 0.354 e. The van der Waals surface area contributed by atoms with E-state index in [-0.39, 0.29) is 30.2 Å². The molecule has 9 nitrogen and oxygen atoms in total. The molecule has 0 bridgehead atoms. The fourth-order valence-electron chi connectivity index (χ4n) is 2.44. The quantitative estimate of drug-likeness (QED) is 0.512. The first-order valence-corrected chi connectivity index (χ1v) is 9.94. The summed E-state index contributed by atoms with van der Waals surface area (Å²) in [7, 11) is -4.86. The molecule has 23 heavy (non-hydrogen) atoms. The third-order valence-electron chi connectivity index (χ3n) is 3.49. The normalized spacial score (nSPS) is 19.9. The molecule has 1 aliphatic heterocycles. The van der Waals surface area contributed by atoms with Crippen molar-refractivity contribution in [3.63, 3.8) is 0 Å². The van der Waals surface area contributed by atoms with Crippen LogP contribution in [0.4, 0.5) is 0 Å². The number of carbonyl (C=O) groups excluding carboxylic acids is 1. The van der Waals surface area contributed by atoms with Gasteiger partial charge in [-0.25, -0.2) is 13.2 Å². The van der Waals surface area contributed by atoms with Gasteiger partial charge in [0.1, 0.15) is 5.69 Å². The van der Waals surface area contributed by atoms with Crippen molar-refractivity contribution in [2.24, 2.45) is 7.05 Å². The van der Waals surface area contributed by atoms with Crippen LogP contribution in [0.2, 0.25) is 0 Å². The summed E-state index contributed by atoms with van der Waals surface area (Å²) < 4.78 is 59.3. The van der Waals surface area contributed by atoms with Gasteiger partial charge in [-0.3, -0.25) is 4.18 Å². The highest BCUT2D eigenvalue weighted by atomic mass is 32.2. The van der Waals surface area contributed by atoms with Crippen molar-refractivity contribution in [3.8, 4) is 0 Å². The summed E-state index contributed by atoms with van der Waals surface area (Å²) in [5.41, 5.74) is 0.106.